The van der Waals surface area contributed by atoms with E-state index in [1.54, 1.807) is 0 Å². The smallest absolute Gasteiger partial charge is 0.192 e. The molecule has 0 N–H and O–H groups in total. The third-order valence-electron chi connectivity index (χ3n) is 5.27. The first-order valence-corrected chi connectivity index (χ1v) is 11.8. The molecule has 0 spiro atoms. The van der Waals surface area contributed by atoms with Gasteiger partial charge in [0.25, 0.3) is 0 Å². The average molecular weight is 326 g/mol. The third-order valence-corrected chi connectivity index (χ3v) is 10.9. The van der Waals surface area contributed by atoms with Crippen molar-refractivity contribution >= 4 is 19.7 Å². The zero-order valence-corrected chi connectivity index (χ0v) is 16.6. The molecule has 4 heteroatoms. The Bertz CT molecular complexity index is 487. The first-order chi connectivity index (χ1) is 9.50. The van der Waals surface area contributed by atoms with Gasteiger partial charge in [0.05, 0.1) is 11.6 Å². The van der Waals surface area contributed by atoms with E-state index in [1.807, 2.05) is 17.5 Å². The molecule has 1 heterocycles. The van der Waals surface area contributed by atoms with Gasteiger partial charge in [-0.3, -0.25) is 0 Å². The first kappa shape index (κ1) is 17.2. The zero-order valence-electron chi connectivity index (χ0n) is 14.7. The summed E-state index contributed by atoms with van der Waals surface area (Å²) in [7, 11) is -1.65. The molecule has 0 radical (unpaired) electrons. The van der Waals surface area contributed by atoms with Crippen molar-refractivity contribution in [3.8, 4) is 0 Å². The fraction of sp³-hybridized carbons (Fsp3) is 0.824. The predicted octanol–water partition coefficient (Wildman–Crippen LogP) is 5.96. The van der Waals surface area contributed by atoms with E-state index in [9.17, 15) is 0 Å². The number of nitrogens with zero attached hydrogens (tertiary/aromatic N) is 1. The lowest BCUT2D eigenvalue weighted by atomic mass is 9.91. The van der Waals surface area contributed by atoms with Gasteiger partial charge in [0.15, 0.2) is 8.32 Å². The Morgan fingerprint density at radius 1 is 1.38 bits per heavy atom. The molecule has 1 aliphatic rings. The van der Waals surface area contributed by atoms with Crippen molar-refractivity contribution in [3.63, 3.8) is 0 Å². The lowest BCUT2D eigenvalue weighted by Gasteiger charge is -2.35. The molecule has 21 heavy (non-hydrogen) atoms. The molecule has 1 atom stereocenters. The number of thiazole rings is 1. The van der Waals surface area contributed by atoms with Crippen molar-refractivity contribution in [1.29, 1.82) is 0 Å². The van der Waals surface area contributed by atoms with Crippen LogP contribution in [0.25, 0.3) is 0 Å². The van der Waals surface area contributed by atoms with Crippen molar-refractivity contribution < 1.29 is 4.43 Å². The molecule has 1 saturated carbocycles. The minimum atomic E-state index is -1.65. The fourth-order valence-electron chi connectivity index (χ4n) is 2.69. The van der Waals surface area contributed by atoms with Crippen LogP contribution in [0.4, 0.5) is 0 Å². The molecule has 2 rings (SSSR count). The summed E-state index contributed by atoms with van der Waals surface area (Å²) in [6, 6.07) is 0. The van der Waals surface area contributed by atoms with E-state index < -0.39 is 8.32 Å². The summed E-state index contributed by atoms with van der Waals surface area (Å²) in [6.45, 7) is 17.0. The van der Waals surface area contributed by atoms with Crippen molar-refractivity contribution in [2.45, 2.75) is 84.5 Å². The first-order valence-electron chi connectivity index (χ1n) is 8.09. The number of aromatic nitrogens is 1. The second-order valence-electron chi connectivity index (χ2n) is 8.82. The minimum Gasteiger partial charge on any atom is -0.412 e. The zero-order chi connectivity index (χ0) is 15.9. The molecule has 1 aromatic rings. The summed E-state index contributed by atoms with van der Waals surface area (Å²) in [6.07, 6.45) is 5.94. The number of hydrogen-bond donors (Lipinski definition) is 0. The standard InChI is InChI=1S/C17H31NOSSi/c1-16(2,3)21(6,7)19-12-14-11-18-15(20-14)13-8-9-17(4,5)10-13/h11,13H,8-10,12H2,1-7H3. The Kier molecular flexibility index (Phi) is 4.73. The Morgan fingerprint density at radius 3 is 2.57 bits per heavy atom. The molecular weight excluding hydrogens is 294 g/mol. The summed E-state index contributed by atoms with van der Waals surface area (Å²) in [5.74, 6) is 0.673. The second kappa shape index (κ2) is 5.78. The van der Waals surface area contributed by atoms with Gasteiger partial charge in [-0.15, -0.1) is 11.3 Å². The molecule has 1 fully saturated rings. The summed E-state index contributed by atoms with van der Waals surface area (Å²) in [5, 5.41) is 1.60. The highest BCUT2D eigenvalue weighted by Crippen LogP contribution is 2.47. The number of hydrogen-bond acceptors (Lipinski definition) is 3. The Morgan fingerprint density at radius 2 is 2.05 bits per heavy atom. The Hall–Kier alpha value is -0.193. The minimum absolute atomic E-state index is 0.274. The number of rotatable bonds is 4. The molecular formula is C17H31NOSSi. The van der Waals surface area contributed by atoms with Crippen LogP contribution in [-0.4, -0.2) is 13.3 Å². The SMILES string of the molecule is CC1(C)CCC(c2ncc(CO[Si](C)(C)C(C)(C)C)s2)C1. The fourth-order valence-corrected chi connectivity index (χ4v) is 4.71. The van der Waals surface area contributed by atoms with E-state index in [0.717, 1.165) is 6.61 Å². The van der Waals surface area contributed by atoms with Crippen LogP contribution in [0, 0.1) is 5.41 Å². The summed E-state index contributed by atoms with van der Waals surface area (Å²) in [4.78, 5) is 5.97. The van der Waals surface area contributed by atoms with Gasteiger partial charge >= 0.3 is 0 Å². The molecule has 0 bridgehead atoms. The highest BCUT2D eigenvalue weighted by atomic mass is 32.1. The third kappa shape index (κ3) is 4.17. The summed E-state index contributed by atoms with van der Waals surface area (Å²) >= 11 is 1.87. The maximum Gasteiger partial charge on any atom is 0.192 e. The predicted molar refractivity (Wildman–Crippen MR) is 94.5 cm³/mol. The largest absolute Gasteiger partial charge is 0.412 e. The molecule has 1 aliphatic carbocycles. The van der Waals surface area contributed by atoms with Gasteiger partial charge in [-0.25, -0.2) is 4.98 Å². The molecule has 0 aliphatic heterocycles. The molecule has 1 aromatic heterocycles. The molecule has 1 unspecified atom stereocenters. The lowest BCUT2D eigenvalue weighted by molar-refractivity contribution is 0.279. The van der Waals surface area contributed by atoms with E-state index in [4.69, 9.17) is 4.43 Å². The van der Waals surface area contributed by atoms with Crippen molar-refractivity contribution in [1.82, 2.24) is 4.98 Å². The van der Waals surface area contributed by atoms with Crippen LogP contribution >= 0.6 is 11.3 Å². The van der Waals surface area contributed by atoms with Crippen molar-refractivity contribution in [3.05, 3.63) is 16.1 Å². The van der Waals surface area contributed by atoms with Crippen LogP contribution in [0.2, 0.25) is 18.1 Å². The molecule has 2 nitrogen and oxygen atoms in total. The van der Waals surface area contributed by atoms with E-state index in [-0.39, 0.29) is 5.04 Å². The molecule has 0 saturated heterocycles. The molecule has 0 amide bonds. The topological polar surface area (TPSA) is 22.1 Å². The Balaban J connectivity index is 1.95. The maximum atomic E-state index is 6.31. The van der Waals surface area contributed by atoms with Crippen LogP contribution < -0.4 is 0 Å². The highest BCUT2D eigenvalue weighted by molar-refractivity contribution is 7.11. The van der Waals surface area contributed by atoms with E-state index in [1.165, 1.54) is 29.1 Å². The van der Waals surface area contributed by atoms with Gasteiger partial charge in [0.2, 0.25) is 0 Å². The monoisotopic (exact) mass is 325 g/mol. The molecule has 0 aromatic carbocycles. The Labute approximate surface area is 135 Å². The summed E-state index contributed by atoms with van der Waals surface area (Å²) in [5.41, 5.74) is 0.494. The van der Waals surface area contributed by atoms with Gasteiger partial charge < -0.3 is 4.43 Å². The van der Waals surface area contributed by atoms with Crippen LogP contribution in [0.15, 0.2) is 6.20 Å². The van der Waals surface area contributed by atoms with E-state index in [0.29, 0.717) is 11.3 Å². The van der Waals surface area contributed by atoms with Gasteiger partial charge in [-0.1, -0.05) is 34.6 Å². The van der Waals surface area contributed by atoms with Crippen LogP contribution in [0.1, 0.15) is 69.7 Å². The van der Waals surface area contributed by atoms with Crippen LogP contribution in [0.3, 0.4) is 0 Å². The lowest BCUT2D eigenvalue weighted by Crippen LogP contribution is -2.40. The quantitative estimate of drug-likeness (QED) is 0.637. The van der Waals surface area contributed by atoms with E-state index in [2.05, 4.69) is 52.7 Å². The maximum absolute atomic E-state index is 6.31. The van der Waals surface area contributed by atoms with E-state index >= 15 is 0 Å². The van der Waals surface area contributed by atoms with Crippen LogP contribution in [0.5, 0.6) is 0 Å². The normalized spacial score (nSPS) is 22.7. The van der Waals surface area contributed by atoms with Gasteiger partial charge in [-0.2, -0.15) is 0 Å². The summed E-state index contributed by atoms with van der Waals surface area (Å²) < 4.78 is 6.31. The van der Waals surface area contributed by atoms with Crippen molar-refractivity contribution in [2.75, 3.05) is 0 Å². The molecule has 120 valence electrons. The van der Waals surface area contributed by atoms with Crippen molar-refractivity contribution in [2.24, 2.45) is 5.41 Å². The second-order valence-corrected chi connectivity index (χ2v) is 14.8. The van der Waals surface area contributed by atoms with Gasteiger partial charge in [0.1, 0.15) is 0 Å². The average Bonchev–Trinajstić information content (AvgIpc) is 2.91. The van der Waals surface area contributed by atoms with Gasteiger partial charge in [-0.05, 0) is 42.8 Å². The highest BCUT2D eigenvalue weighted by Gasteiger charge is 2.37. The van der Waals surface area contributed by atoms with Crippen LogP contribution in [-0.2, 0) is 11.0 Å². The van der Waals surface area contributed by atoms with Gasteiger partial charge in [0, 0.05) is 17.0 Å².